The van der Waals surface area contributed by atoms with Gasteiger partial charge in [0, 0.05) is 28.1 Å². The minimum absolute atomic E-state index is 0.194. The van der Waals surface area contributed by atoms with Crippen molar-refractivity contribution < 1.29 is 23.6 Å². The summed E-state index contributed by atoms with van der Waals surface area (Å²) in [7, 11) is 0. The molecule has 0 unspecified atom stereocenters. The molecule has 0 spiro atoms. The van der Waals surface area contributed by atoms with Crippen molar-refractivity contribution in [3.63, 3.8) is 0 Å². The van der Waals surface area contributed by atoms with Crippen LogP contribution in [0.15, 0.2) is 85.5 Å². The monoisotopic (exact) mass is 815 g/mol. The van der Waals surface area contributed by atoms with E-state index in [1.165, 1.54) is 22.7 Å². The topological polar surface area (TPSA) is 128 Å². The van der Waals surface area contributed by atoms with Crippen molar-refractivity contribution in [3.05, 3.63) is 102 Å². The summed E-state index contributed by atoms with van der Waals surface area (Å²) in [5.74, 6) is 0.299. The number of rotatable bonds is 14. The largest absolute Gasteiger partial charge is 0.494 e. The molecule has 12 nitrogen and oxygen atoms in total. The molecule has 0 atom stereocenters. The fourth-order valence-electron chi connectivity index (χ4n) is 7.55. The van der Waals surface area contributed by atoms with Gasteiger partial charge in [-0.25, -0.2) is 24.1 Å². The number of carbonyl (C=O) groups is 2. The lowest BCUT2D eigenvalue weighted by Gasteiger charge is -2.29. The number of hydrogen-bond donors (Lipinski definition) is 1. The molecule has 0 saturated carbocycles. The molecule has 0 bridgehead atoms. The van der Waals surface area contributed by atoms with Gasteiger partial charge in [-0.1, -0.05) is 62.8 Å². The van der Waals surface area contributed by atoms with Crippen molar-refractivity contribution in [2.24, 2.45) is 5.41 Å². The average molecular weight is 816 g/mol. The Morgan fingerprint density at radius 2 is 1.86 bits per heavy atom. The van der Waals surface area contributed by atoms with Crippen molar-refractivity contribution in [3.8, 4) is 22.0 Å². The van der Waals surface area contributed by atoms with Crippen LogP contribution in [0.5, 0.6) is 5.75 Å². The number of esters is 1. The number of fused-ring (bicyclic) bond motifs is 3. The SMILES string of the molecule is CCCC(C)(C)C[n+]1cnc2c(cnn2-c2ccc(OCCCc3sc(-c4ccc5c(c4)N(C(=O)Nc4nc6ccccc6s4)CCC5)nc3C(=O)OCC)cc2)c1. The molecule has 1 aliphatic rings. The molecule has 5 heterocycles. The highest BCUT2D eigenvalue weighted by Gasteiger charge is 2.26. The maximum Gasteiger partial charge on any atom is 0.358 e. The van der Waals surface area contributed by atoms with E-state index in [4.69, 9.17) is 19.4 Å². The minimum Gasteiger partial charge on any atom is -0.494 e. The Hall–Kier alpha value is -5.73. The van der Waals surface area contributed by atoms with E-state index in [2.05, 4.69) is 53.0 Å². The number of urea groups is 1. The van der Waals surface area contributed by atoms with Crippen molar-refractivity contribution in [2.45, 2.75) is 72.8 Å². The number of nitrogens with zero attached hydrogens (tertiary/aromatic N) is 7. The van der Waals surface area contributed by atoms with Crippen LogP contribution in [0.1, 0.15) is 74.3 Å². The lowest BCUT2D eigenvalue weighted by atomic mass is 9.88. The van der Waals surface area contributed by atoms with Gasteiger partial charge in [-0.05, 0) is 92.0 Å². The van der Waals surface area contributed by atoms with Gasteiger partial charge >= 0.3 is 12.0 Å². The first-order valence-corrected chi connectivity index (χ1v) is 21.5. The summed E-state index contributed by atoms with van der Waals surface area (Å²) in [6, 6.07) is 21.5. The summed E-state index contributed by atoms with van der Waals surface area (Å²) in [6.07, 6.45) is 11.2. The Morgan fingerprint density at radius 1 is 1.02 bits per heavy atom. The molecule has 7 aromatic rings. The van der Waals surface area contributed by atoms with E-state index < -0.39 is 5.97 Å². The predicted molar refractivity (Wildman–Crippen MR) is 229 cm³/mol. The molecule has 1 aliphatic heterocycles. The molecule has 1 N–H and O–H groups in total. The van der Waals surface area contributed by atoms with E-state index in [0.717, 1.165) is 86.6 Å². The van der Waals surface area contributed by atoms with Crippen molar-refractivity contribution >= 4 is 66.7 Å². The zero-order valence-corrected chi connectivity index (χ0v) is 34.9. The molecule has 0 radical (unpaired) electrons. The number of carbonyl (C=O) groups excluding carboxylic acids is 2. The number of benzene rings is 3. The van der Waals surface area contributed by atoms with Gasteiger partial charge in [0.2, 0.25) is 0 Å². The first-order chi connectivity index (χ1) is 28.2. The highest BCUT2D eigenvalue weighted by molar-refractivity contribution is 7.22. The molecule has 298 valence electrons. The second kappa shape index (κ2) is 17.0. The summed E-state index contributed by atoms with van der Waals surface area (Å²) in [5.41, 5.74) is 5.84. The second-order valence-corrected chi connectivity index (χ2v) is 17.4. The number of aryl methyl sites for hydroxylation is 2. The summed E-state index contributed by atoms with van der Waals surface area (Å²) in [4.78, 5) is 43.4. The highest BCUT2D eigenvalue weighted by Crippen LogP contribution is 2.36. The Kier molecular flexibility index (Phi) is 11.5. The first-order valence-electron chi connectivity index (χ1n) is 19.9. The van der Waals surface area contributed by atoms with E-state index >= 15 is 0 Å². The smallest absolute Gasteiger partial charge is 0.358 e. The molecule has 0 fully saturated rings. The van der Waals surface area contributed by atoms with Crippen LogP contribution in [0.2, 0.25) is 0 Å². The van der Waals surface area contributed by atoms with E-state index in [-0.39, 0.29) is 18.1 Å². The molecular weight excluding hydrogens is 769 g/mol. The molecule has 58 heavy (non-hydrogen) atoms. The van der Waals surface area contributed by atoms with Crippen LogP contribution in [0.4, 0.5) is 15.6 Å². The van der Waals surface area contributed by atoms with Crippen LogP contribution in [0.3, 0.4) is 0 Å². The number of nitrogens with one attached hydrogen (secondary N) is 1. The lowest BCUT2D eigenvalue weighted by molar-refractivity contribution is -0.710. The third kappa shape index (κ3) is 8.58. The van der Waals surface area contributed by atoms with Crippen LogP contribution < -0.4 is 19.5 Å². The fourth-order valence-corrected chi connectivity index (χ4v) is 9.50. The second-order valence-electron chi connectivity index (χ2n) is 15.3. The highest BCUT2D eigenvalue weighted by atomic mass is 32.1. The molecule has 14 heteroatoms. The van der Waals surface area contributed by atoms with E-state index in [1.54, 1.807) is 11.8 Å². The molecule has 2 amide bonds. The third-order valence-electron chi connectivity index (χ3n) is 10.2. The van der Waals surface area contributed by atoms with Gasteiger partial charge in [0.1, 0.15) is 22.3 Å². The van der Waals surface area contributed by atoms with E-state index in [9.17, 15) is 9.59 Å². The summed E-state index contributed by atoms with van der Waals surface area (Å²) in [6.45, 7) is 10.8. The summed E-state index contributed by atoms with van der Waals surface area (Å²) >= 11 is 2.93. The Labute approximate surface area is 345 Å². The van der Waals surface area contributed by atoms with Gasteiger partial charge in [-0.2, -0.15) is 9.78 Å². The lowest BCUT2D eigenvalue weighted by Crippen LogP contribution is -2.41. The number of anilines is 2. The van der Waals surface area contributed by atoms with Crippen molar-refractivity contribution in [1.29, 1.82) is 0 Å². The third-order valence-corrected chi connectivity index (χ3v) is 12.3. The Bertz CT molecular complexity index is 2550. The predicted octanol–water partition coefficient (Wildman–Crippen LogP) is 9.44. The molecule has 4 aromatic heterocycles. The molecule has 3 aromatic carbocycles. The van der Waals surface area contributed by atoms with Crippen LogP contribution in [0, 0.1) is 5.41 Å². The van der Waals surface area contributed by atoms with Gasteiger partial charge in [0.15, 0.2) is 10.8 Å². The number of thiazole rings is 2. The minimum atomic E-state index is -0.443. The molecular formula is C44H47N8O4S2+. The summed E-state index contributed by atoms with van der Waals surface area (Å²) in [5, 5.41) is 9.89. The number of para-hydroxylation sites is 1. The van der Waals surface area contributed by atoms with Crippen molar-refractivity contribution in [2.75, 3.05) is 30.0 Å². The zero-order chi connectivity index (χ0) is 40.2. The van der Waals surface area contributed by atoms with Gasteiger partial charge in [-0.15, -0.1) is 11.3 Å². The van der Waals surface area contributed by atoms with Crippen LogP contribution in [-0.2, 0) is 24.1 Å². The van der Waals surface area contributed by atoms with Crippen LogP contribution in [0.25, 0.3) is 37.5 Å². The Morgan fingerprint density at radius 3 is 2.67 bits per heavy atom. The first kappa shape index (κ1) is 39.1. The van der Waals surface area contributed by atoms with E-state index in [0.29, 0.717) is 41.8 Å². The molecule has 8 rings (SSSR count). The van der Waals surface area contributed by atoms with Gasteiger partial charge in [-0.3, -0.25) is 10.2 Å². The number of hydrogen-bond acceptors (Lipinski definition) is 10. The number of amides is 2. The number of aromatic nitrogens is 6. The van der Waals surface area contributed by atoms with Crippen LogP contribution >= 0.6 is 22.7 Å². The number of ether oxygens (including phenoxy) is 2. The van der Waals surface area contributed by atoms with Gasteiger partial charge < -0.3 is 9.47 Å². The zero-order valence-electron chi connectivity index (χ0n) is 33.2. The maximum atomic E-state index is 13.6. The maximum absolute atomic E-state index is 13.6. The molecule has 0 saturated heterocycles. The standard InChI is InChI=1S/C44H46N8O4S2/c1-5-21-44(3,4)27-50-26-31-25-46-52(39(31)45-28-50)32-17-19-33(20-18-32)56-23-10-14-37-38(41(53)55-6-2)48-40(57-37)30-16-15-29-11-9-22-51(35(29)24-30)43(54)49-42-47-34-12-7-8-13-36(34)58-42/h7-8,12-13,15-20,24-26,28H,5-6,9-11,14,21-23,27H2,1-4H3/p+1. The van der Waals surface area contributed by atoms with Crippen LogP contribution in [-0.4, -0.2) is 56.5 Å². The van der Waals surface area contributed by atoms with Gasteiger partial charge in [0.05, 0.1) is 41.9 Å². The fraction of sp³-hybridized carbons (Fsp3) is 0.341. The summed E-state index contributed by atoms with van der Waals surface area (Å²) < 4.78 is 16.6. The molecule has 0 aliphatic carbocycles. The Balaban J connectivity index is 0.923. The van der Waals surface area contributed by atoms with E-state index in [1.807, 2.05) is 77.9 Å². The quantitative estimate of drug-likeness (QED) is 0.0654. The van der Waals surface area contributed by atoms with Crippen molar-refractivity contribution in [1.82, 2.24) is 24.7 Å². The average Bonchev–Trinajstić information content (AvgIpc) is 3.96. The normalized spacial score (nSPS) is 12.9. The van der Waals surface area contributed by atoms with Gasteiger partial charge in [0.25, 0.3) is 12.0 Å².